The Labute approximate surface area is 341 Å². The summed E-state index contributed by atoms with van der Waals surface area (Å²) in [7, 11) is 0. The molecule has 1 aromatic rings. The van der Waals surface area contributed by atoms with E-state index in [9.17, 15) is 28.4 Å². The molecule has 2 aliphatic carbocycles. The Morgan fingerprint density at radius 1 is 0.589 bits per heavy atom. The Balaban J connectivity index is 0. The highest BCUT2D eigenvalue weighted by atomic mass is 19.1. The molecule has 2 fully saturated rings. The summed E-state index contributed by atoms with van der Waals surface area (Å²) in [5.41, 5.74) is 1.59. The molecule has 3 rings (SSSR count). The minimum atomic E-state index is -0.293. The number of hydrogen-bond donors (Lipinski definition) is 4. The summed E-state index contributed by atoms with van der Waals surface area (Å²) in [5, 5.41) is 11.4. The summed E-state index contributed by atoms with van der Waals surface area (Å²) >= 11 is 0. The first kappa shape index (κ1) is 54.8. The van der Waals surface area contributed by atoms with E-state index in [2.05, 4.69) is 42.0 Å². The summed E-state index contributed by atoms with van der Waals surface area (Å²) in [6.45, 7) is 37.3. The number of amides is 4. The smallest absolute Gasteiger partial charge is 0.224 e. The van der Waals surface area contributed by atoms with Gasteiger partial charge < -0.3 is 21.3 Å². The molecule has 56 heavy (non-hydrogen) atoms. The third-order valence-electron chi connectivity index (χ3n) is 8.34. The summed E-state index contributed by atoms with van der Waals surface area (Å²) in [4.78, 5) is 55.8. The largest absolute Gasteiger partial charge is 0.352 e. The highest BCUT2D eigenvalue weighted by Gasteiger charge is 2.33. The van der Waals surface area contributed by atoms with Crippen LogP contribution in [0.3, 0.4) is 0 Å². The molecule has 0 saturated heterocycles. The lowest BCUT2D eigenvalue weighted by atomic mass is 9.80. The van der Waals surface area contributed by atoms with E-state index in [1.807, 2.05) is 103 Å². The quantitative estimate of drug-likeness (QED) is 0.236. The first-order valence-corrected chi connectivity index (χ1v) is 20.5. The second-order valence-electron chi connectivity index (χ2n) is 20.7. The molecule has 9 nitrogen and oxygen atoms in total. The Morgan fingerprint density at radius 3 is 1.27 bits per heavy atom. The monoisotopic (exact) mass is 791 g/mol. The average molecular weight is 791 g/mol. The maximum Gasteiger partial charge on any atom is 0.224 e. The van der Waals surface area contributed by atoms with Gasteiger partial charge in [0, 0.05) is 47.3 Å². The number of ketones is 1. The van der Waals surface area contributed by atoms with Crippen molar-refractivity contribution in [3.8, 4) is 0 Å². The zero-order valence-corrected chi connectivity index (χ0v) is 39.0. The van der Waals surface area contributed by atoms with Crippen LogP contribution in [0, 0.1) is 35.9 Å². The van der Waals surface area contributed by atoms with Crippen LogP contribution in [0.1, 0.15) is 181 Å². The number of hydrogen-bond acceptors (Lipinski definition) is 5. The van der Waals surface area contributed by atoms with Crippen molar-refractivity contribution in [3.05, 3.63) is 35.1 Å². The van der Waals surface area contributed by atoms with Crippen LogP contribution in [-0.4, -0.2) is 51.6 Å². The summed E-state index contributed by atoms with van der Waals surface area (Å²) < 4.78 is 13.1. The van der Waals surface area contributed by atoms with E-state index in [1.54, 1.807) is 6.92 Å². The number of rotatable bonds is 5. The summed E-state index contributed by atoms with van der Waals surface area (Å²) in [6, 6.07) is 4.67. The van der Waals surface area contributed by atoms with Crippen LogP contribution in [0.15, 0.2) is 18.2 Å². The van der Waals surface area contributed by atoms with Crippen molar-refractivity contribution in [2.24, 2.45) is 23.2 Å². The van der Waals surface area contributed by atoms with Gasteiger partial charge in [0.05, 0.1) is 6.42 Å². The maximum absolute atomic E-state index is 13.1. The highest BCUT2D eigenvalue weighted by molar-refractivity contribution is 5.81. The lowest BCUT2D eigenvalue weighted by Gasteiger charge is -2.29. The third-order valence-corrected chi connectivity index (χ3v) is 8.34. The molecule has 4 amide bonds. The normalized spacial score (nSPS) is 16.9. The van der Waals surface area contributed by atoms with Crippen LogP contribution in [0.2, 0.25) is 0 Å². The van der Waals surface area contributed by atoms with Gasteiger partial charge in [-0.1, -0.05) is 33.8 Å². The second kappa shape index (κ2) is 23.8. The molecule has 0 aliphatic heterocycles. The van der Waals surface area contributed by atoms with Crippen LogP contribution in [0.5, 0.6) is 0 Å². The number of aryl methyl sites for hydroxylation is 1. The number of Topliss-reactive ketones (excluding diaryl/α,β-unsaturated/α-hetero) is 1. The van der Waals surface area contributed by atoms with Crippen molar-refractivity contribution in [1.29, 1.82) is 0 Å². The lowest BCUT2D eigenvalue weighted by Crippen LogP contribution is -2.44. The fraction of sp³-hybridized carbons (Fsp3) is 0.761. The lowest BCUT2D eigenvalue weighted by molar-refractivity contribution is -0.130. The topological polar surface area (TPSA) is 133 Å². The Bertz CT molecular complexity index is 1360. The first-order valence-electron chi connectivity index (χ1n) is 20.5. The first-order chi connectivity index (χ1) is 25.0. The van der Waals surface area contributed by atoms with Crippen LogP contribution in [0.4, 0.5) is 4.39 Å². The van der Waals surface area contributed by atoms with Gasteiger partial charge in [-0.05, 0) is 170 Å². The molecule has 324 valence electrons. The van der Waals surface area contributed by atoms with Crippen LogP contribution in [-0.2, 0) is 30.4 Å². The van der Waals surface area contributed by atoms with E-state index in [-0.39, 0.29) is 75.6 Å². The Morgan fingerprint density at radius 2 is 1.00 bits per heavy atom. The molecule has 0 atom stereocenters. The zero-order valence-electron chi connectivity index (χ0n) is 39.0. The number of carbonyl (C=O) groups is 5. The average Bonchev–Trinajstić information content (AvgIpc) is 3.80. The van der Waals surface area contributed by atoms with Crippen LogP contribution in [0.25, 0.3) is 0 Å². The van der Waals surface area contributed by atoms with Crippen molar-refractivity contribution in [1.82, 2.24) is 21.3 Å². The predicted molar refractivity (Wildman–Crippen MR) is 231 cm³/mol. The fourth-order valence-electron chi connectivity index (χ4n) is 5.78. The van der Waals surface area contributed by atoms with Crippen molar-refractivity contribution in [2.45, 2.75) is 205 Å². The zero-order chi connectivity index (χ0) is 44.5. The molecule has 0 unspecified atom stereocenters. The molecule has 0 aromatic heterocycles. The Hall–Kier alpha value is -3.30. The summed E-state index contributed by atoms with van der Waals surface area (Å²) in [5.74, 6) is 1.53. The van der Waals surface area contributed by atoms with Gasteiger partial charge >= 0.3 is 0 Å². The molecule has 2 aliphatic rings. The minimum Gasteiger partial charge on any atom is -0.352 e. The number of halogens is 1. The van der Waals surface area contributed by atoms with Gasteiger partial charge in [0.15, 0.2) is 0 Å². The van der Waals surface area contributed by atoms with Gasteiger partial charge in [0.1, 0.15) is 11.6 Å². The van der Waals surface area contributed by atoms with Crippen molar-refractivity contribution < 1.29 is 28.4 Å². The Kier molecular flexibility index (Phi) is 23.3. The molecule has 1 aromatic carbocycles. The van der Waals surface area contributed by atoms with E-state index in [0.717, 1.165) is 37.2 Å². The van der Waals surface area contributed by atoms with Gasteiger partial charge in [-0.3, -0.25) is 24.0 Å². The molecular formula is C46H83FN4O5. The number of carbonyl (C=O) groups excluding carboxylic acids is 5. The fourth-order valence-corrected chi connectivity index (χ4v) is 5.78. The SMILES string of the molecule is CC(=O)C1CCC(C(=O)NC(C)(C)C)CC1.CC(=O)NC(C)(C)C.CC(C)(C)C1CC1.CCC(=O)NC(C)(C)C.Cc1cc(F)cc(CC(=O)NC(C)(C)C)c1. The van der Waals surface area contributed by atoms with E-state index in [4.69, 9.17) is 0 Å². The molecule has 2 saturated carbocycles. The molecule has 4 N–H and O–H groups in total. The molecule has 0 radical (unpaired) electrons. The predicted octanol–water partition coefficient (Wildman–Crippen LogP) is 9.56. The standard InChI is InChI=1S/C13H18FNO.C13H23NO2.C7H15NO.C7H14.C6H13NO/c1-9-5-10(7-11(14)6-9)8-12(16)15-13(2,3)4;1-9(15)10-5-7-11(8-6-10)12(16)14-13(2,3)4;1-5-6(9)8-7(2,3)4;1-7(2,3)6-4-5-6;1-5(8)7-6(2,3)4/h5-7H,8H2,1-4H3,(H,15,16);10-11H,5-8H2,1-4H3,(H,14,16);5H2,1-4H3,(H,8,9);6H,4-5H2,1-3H3;1-4H3,(H,7,8). The highest BCUT2D eigenvalue weighted by Crippen LogP contribution is 2.44. The van der Waals surface area contributed by atoms with E-state index >= 15 is 0 Å². The molecule has 0 heterocycles. The molecule has 0 spiro atoms. The number of nitrogens with one attached hydrogen (secondary N) is 4. The van der Waals surface area contributed by atoms with E-state index < -0.39 is 0 Å². The van der Waals surface area contributed by atoms with E-state index in [1.165, 1.54) is 31.9 Å². The minimum absolute atomic E-state index is 0.0255. The number of benzene rings is 1. The molecular weight excluding hydrogens is 708 g/mol. The second-order valence-corrected chi connectivity index (χ2v) is 20.7. The van der Waals surface area contributed by atoms with Crippen LogP contribution >= 0.6 is 0 Å². The van der Waals surface area contributed by atoms with Crippen molar-refractivity contribution >= 4 is 29.4 Å². The van der Waals surface area contributed by atoms with Crippen molar-refractivity contribution in [3.63, 3.8) is 0 Å². The molecule has 10 heteroatoms. The van der Waals surface area contributed by atoms with Gasteiger partial charge in [-0.25, -0.2) is 4.39 Å². The van der Waals surface area contributed by atoms with E-state index in [0.29, 0.717) is 17.4 Å². The van der Waals surface area contributed by atoms with Crippen molar-refractivity contribution in [2.75, 3.05) is 0 Å². The van der Waals surface area contributed by atoms with Crippen LogP contribution < -0.4 is 21.3 Å². The van der Waals surface area contributed by atoms with Gasteiger partial charge in [-0.15, -0.1) is 0 Å². The van der Waals surface area contributed by atoms with Gasteiger partial charge in [0.25, 0.3) is 0 Å². The van der Waals surface area contributed by atoms with Gasteiger partial charge in [0.2, 0.25) is 23.6 Å². The summed E-state index contributed by atoms with van der Waals surface area (Å²) in [6.07, 6.45) is 7.19. The maximum atomic E-state index is 13.1. The molecule has 0 bridgehead atoms. The van der Waals surface area contributed by atoms with Gasteiger partial charge in [-0.2, -0.15) is 0 Å². The third kappa shape index (κ3) is 32.9.